The van der Waals surface area contributed by atoms with Crippen LogP contribution in [-0.2, 0) is 0 Å². The van der Waals surface area contributed by atoms with Crippen molar-refractivity contribution in [2.75, 3.05) is 18.4 Å². The van der Waals surface area contributed by atoms with Gasteiger partial charge < -0.3 is 4.90 Å². The molecule has 1 heterocycles. The van der Waals surface area contributed by atoms with Crippen LogP contribution in [0.1, 0.15) is 22.3 Å². The monoisotopic (exact) mass is 326 g/mol. The summed E-state index contributed by atoms with van der Waals surface area (Å²) in [5.41, 5.74) is 1.11. The third-order valence-electron chi connectivity index (χ3n) is 3.31. The highest BCUT2D eigenvalue weighted by Gasteiger charge is 2.27. The topological polar surface area (TPSA) is 63.5 Å². The number of hydrogen-bond donors (Lipinski definition) is 0. The Morgan fingerprint density at radius 1 is 1.53 bits per heavy atom. The lowest BCUT2D eigenvalue weighted by Gasteiger charge is -2.16. The van der Waals surface area contributed by atoms with Gasteiger partial charge in [-0.3, -0.25) is 14.9 Å². The van der Waals surface area contributed by atoms with Crippen LogP contribution in [0.4, 0.5) is 5.69 Å². The molecule has 0 spiro atoms. The summed E-state index contributed by atoms with van der Waals surface area (Å²) in [5, 5.41) is 11.7. The molecule has 0 bridgehead atoms. The van der Waals surface area contributed by atoms with Crippen molar-refractivity contribution in [1.82, 2.24) is 4.90 Å². The highest BCUT2D eigenvalue weighted by Crippen LogP contribution is 2.23. The molecule has 0 N–H and O–H groups in total. The molecular formula is C13H15BrN2O3. The first-order valence-electron chi connectivity index (χ1n) is 6.12. The molecule has 1 fully saturated rings. The van der Waals surface area contributed by atoms with Crippen LogP contribution < -0.4 is 0 Å². The van der Waals surface area contributed by atoms with E-state index in [4.69, 9.17) is 0 Å². The molecule has 6 heteroatoms. The van der Waals surface area contributed by atoms with E-state index in [1.54, 1.807) is 17.9 Å². The Bertz CT molecular complexity index is 519. The molecule has 1 aromatic carbocycles. The van der Waals surface area contributed by atoms with Gasteiger partial charge in [0, 0.05) is 36.1 Å². The van der Waals surface area contributed by atoms with Crippen LogP contribution in [0, 0.1) is 23.0 Å². The molecular weight excluding hydrogens is 312 g/mol. The van der Waals surface area contributed by atoms with Crippen LogP contribution in [0.2, 0.25) is 0 Å². The van der Waals surface area contributed by atoms with Gasteiger partial charge >= 0.3 is 0 Å². The van der Waals surface area contributed by atoms with Crippen molar-refractivity contribution in [1.29, 1.82) is 0 Å². The normalized spacial score (nSPS) is 18.6. The standard InChI is InChI=1S/C13H15BrN2O3/c1-9-4-11(6-12(5-9)16(18)19)13(17)15-3-2-10(7-14)8-15/h4-6,10H,2-3,7-8H2,1H3. The number of aryl methyl sites for hydroxylation is 1. The molecule has 0 aliphatic carbocycles. The molecule has 1 atom stereocenters. The van der Waals surface area contributed by atoms with Crippen molar-refractivity contribution in [2.24, 2.45) is 5.92 Å². The average molecular weight is 327 g/mol. The van der Waals surface area contributed by atoms with Gasteiger partial charge in [-0.15, -0.1) is 0 Å². The minimum Gasteiger partial charge on any atom is -0.338 e. The zero-order valence-corrected chi connectivity index (χ0v) is 12.2. The van der Waals surface area contributed by atoms with Crippen molar-refractivity contribution < 1.29 is 9.72 Å². The Hall–Kier alpha value is -1.43. The van der Waals surface area contributed by atoms with Crippen LogP contribution in [-0.4, -0.2) is 34.2 Å². The summed E-state index contributed by atoms with van der Waals surface area (Å²) in [4.78, 5) is 24.5. The Labute approximate surface area is 119 Å². The second kappa shape index (κ2) is 5.69. The number of hydrogen-bond acceptors (Lipinski definition) is 3. The summed E-state index contributed by atoms with van der Waals surface area (Å²) < 4.78 is 0. The number of amides is 1. The molecule has 1 aliphatic heterocycles. The molecule has 102 valence electrons. The number of nitro groups is 1. The van der Waals surface area contributed by atoms with Crippen LogP contribution in [0.5, 0.6) is 0 Å². The maximum atomic E-state index is 12.3. The Morgan fingerprint density at radius 3 is 2.84 bits per heavy atom. The molecule has 1 aromatic rings. The zero-order valence-electron chi connectivity index (χ0n) is 10.6. The fourth-order valence-corrected chi connectivity index (χ4v) is 2.85. The summed E-state index contributed by atoms with van der Waals surface area (Å²) >= 11 is 3.42. The van der Waals surface area contributed by atoms with Crippen LogP contribution in [0.15, 0.2) is 18.2 Å². The van der Waals surface area contributed by atoms with Gasteiger partial charge in [0.15, 0.2) is 0 Å². The van der Waals surface area contributed by atoms with E-state index in [0.29, 0.717) is 18.0 Å². The van der Waals surface area contributed by atoms with Gasteiger partial charge in [0.2, 0.25) is 0 Å². The van der Waals surface area contributed by atoms with Crippen LogP contribution in [0.25, 0.3) is 0 Å². The molecule has 1 amide bonds. The minimum atomic E-state index is -0.463. The lowest BCUT2D eigenvalue weighted by atomic mass is 10.1. The number of nitro benzene ring substituents is 1. The summed E-state index contributed by atoms with van der Waals surface area (Å²) in [6.07, 6.45) is 0.977. The molecule has 1 saturated heterocycles. The number of carbonyl (C=O) groups is 1. The van der Waals surface area contributed by atoms with E-state index in [0.717, 1.165) is 23.9 Å². The van der Waals surface area contributed by atoms with Gasteiger partial charge in [0.05, 0.1) is 4.92 Å². The van der Waals surface area contributed by atoms with Crippen LogP contribution in [0.3, 0.4) is 0 Å². The number of halogens is 1. The van der Waals surface area contributed by atoms with E-state index >= 15 is 0 Å². The Balaban J connectivity index is 2.22. The van der Waals surface area contributed by atoms with Gasteiger partial charge in [0.25, 0.3) is 11.6 Å². The number of nitrogens with zero attached hydrogens (tertiary/aromatic N) is 2. The quantitative estimate of drug-likeness (QED) is 0.487. The van der Waals surface area contributed by atoms with Gasteiger partial charge in [-0.2, -0.15) is 0 Å². The predicted octanol–water partition coefficient (Wildman–Crippen LogP) is 2.76. The number of likely N-dealkylation sites (tertiary alicyclic amines) is 1. The third kappa shape index (κ3) is 3.12. The molecule has 0 saturated carbocycles. The van der Waals surface area contributed by atoms with Gasteiger partial charge in [-0.05, 0) is 30.9 Å². The first-order valence-corrected chi connectivity index (χ1v) is 7.24. The van der Waals surface area contributed by atoms with Crippen molar-refractivity contribution in [3.05, 3.63) is 39.4 Å². The van der Waals surface area contributed by atoms with Crippen molar-refractivity contribution in [3.8, 4) is 0 Å². The average Bonchev–Trinajstić information content (AvgIpc) is 2.85. The van der Waals surface area contributed by atoms with E-state index in [2.05, 4.69) is 15.9 Å². The molecule has 5 nitrogen and oxygen atoms in total. The second-order valence-electron chi connectivity index (χ2n) is 4.87. The van der Waals surface area contributed by atoms with Gasteiger partial charge in [-0.1, -0.05) is 15.9 Å². The predicted molar refractivity (Wildman–Crippen MR) is 75.6 cm³/mol. The first kappa shape index (κ1) is 14.0. The molecule has 0 aromatic heterocycles. The third-order valence-corrected chi connectivity index (χ3v) is 4.23. The maximum absolute atomic E-state index is 12.3. The number of rotatable bonds is 3. The van der Waals surface area contributed by atoms with E-state index < -0.39 is 4.92 Å². The van der Waals surface area contributed by atoms with Crippen molar-refractivity contribution in [3.63, 3.8) is 0 Å². The largest absolute Gasteiger partial charge is 0.338 e. The molecule has 0 radical (unpaired) electrons. The summed E-state index contributed by atoms with van der Waals surface area (Å²) in [6.45, 7) is 3.19. The van der Waals surface area contributed by atoms with Crippen molar-refractivity contribution >= 4 is 27.5 Å². The summed E-state index contributed by atoms with van der Waals surface area (Å²) in [7, 11) is 0. The molecule has 1 unspecified atom stereocenters. The number of benzene rings is 1. The summed E-state index contributed by atoms with van der Waals surface area (Å²) in [5.74, 6) is 0.360. The SMILES string of the molecule is Cc1cc(C(=O)N2CCC(CBr)C2)cc([N+](=O)[O-])c1. The first-order chi connectivity index (χ1) is 9.01. The molecule has 2 rings (SSSR count). The maximum Gasteiger partial charge on any atom is 0.270 e. The number of carbonyl (C=O) groups excluding carboxylic acids is 1. The van der Waals surface area contributed by atoms with Gasteiger partial charge in [0.1, 0.15) is 0 Å². The fraction of sp³-hybridized carbons (Fsp3) is 0.462. The fourth-order valence-electron chi connectivity index (χ4n) is 2.32. The smallest absolute Gasteiger partial charge is 0.270 e. The van der Waals surface area contributed by atoms with Crippen molar-refractivity contribution in [2.45, 2.75) is 13.3 Å². The molecule has 1 aliphatic rings. The van der Waals surface area contributed by atoms with E-state index in [1.807, 2.05) is 0 Å². The van der Waals surface area contributed by atoms with Gasteiger partial charge in [-0.25, -0.2) is 0 Å². The van der Waals surface area contributed by atoms with Crippen LogP contribution >= 0.6 is 15.9 Å². The Morgan fingerprint density at radius 2 is 2.26 bits per heavy atom. The number of non-ortho nitro benzene ring substituents is 1. The lowest BCUT2D eigenvalue weighted by Crippen LogP contribution is -2.29. The zero-order chi connectivity index (χ0) is 14.0. The van der Waals surface area contributed by atoms with E-state index in [1.165, 1.54) is 12.1 Å². The highest BCUT2D eigenvalue weighted by molar-refractivity contribution is 9.09. The lowest BCUT2D eigenvalue weighted by molar-refractivity contribution is -0.384. The summed E-state index contributed by atoms with van der Waals surface area (Å²) in [6, 6.07) is 4.54. The second-order valence-corrected chi connectivity index (χ2v) is 5.52. The molecule has 19 heavy (non-hydrogen) atoms. The minimum absolute atomic E-state index is 0.0282. The highest BCUT2D eigenvalue weighted by atomic mass is 79.9. The number of alkyl halides is 1. The Kier molecular flexibility index (Phi) is 4.19. The van der Waals surface area contributed by atoms with E-state index in [9.17, 15) is 14.9 Å². The van der Waals surface area contributed by atoms with E-state index in [-0.39, 0.29) is 11.6 Å².